The molecule has 0 bridgehead atoms. The Labute approximate surface area is 184 Å². The summed E-state index contributed by atoms with van der Waals surface area (Å²) in [5.74, 6) is -0.577. The number of amides is 2. The van der Waals surface area contributed by atoms with Gasteiger partial charge in [-0.1, -0.05) is 42.6 Å². The lowest BCUT2D eigenvalue weighted by Gasteiger charge is -2.23. The van der Waals surface area contributed by atoms with E-state index in [-0.39, 0.29) is 23.9 Å². The zero-order chi connectivity index (χ0) is 21.5. The molecular weight excluding hydrogens is 416 g/mol. The first-order valence-electron chi connectivity index (χ1n) is 10.3. The van der Waals surface area contributed by atoms with Gasteiger partial charge in [0.2, 0.25) is 0 Å². The molecule has 0 spiro atoms. The van der Waals surface area contributed by atoms with Crippen molar-refractivity contribution in [3.63, 3.8) is 0 Å². The van der Waals surface area contributed by atoms with Crippen LogP contribution in [0.3, 0.4) is 0 Å². The van der Waals surface area contributed by atoms with Crippen molar-refractivity contribution in [1.82, 2.24) is 5.32 Å². The van der Waals surface area contributed by atoms with Crippen molar-refractivity contribution in [2.45, 2.75) is 12.5 Å². The average Bonchev–Trinajstić information content (AvgIpc) is 3.17. The fraction of sp³-hybridized carbons (Fsp3) is 0.250. The number of halogens is 2. The van der Waals surface area contributed by atoms with Gasteiger partial charge in [0.1, 0.15) is 11.6 Å². The number of carbonyl (C=O) groups excluding carboxylic acids is 1. The number of allylic oxidation sites excluding steroid dienone is 4. The Morgan fingerprint density at radius 3 is 2.65 bits per heavy atom. The minimum absolute atomic E-state index is 0.0710. The molecule has 0 unspecified atom stereocenters. The third kappa shape index (κ3) is 3.97. The summed E-state index contributed by atoms with van der Waals surface area (Å²) in [7, 11) is 0. The van der Waals surface area contributed by atoms with Gasteiger partial charge in [-0.25, -0.2) is 13.6 Å². The fourth-order valence-corrected chi connectivity index (χ4v) is 4.84. The van der Waals surface area contributed by atoms with Crippen LogP contribution in [-0.4, -0.2) is 30.0 Å². The monoisotopic (exact) mass is 437 g/mol. The summed E-state index contributed by atoms with van der Waals surface area (Å²) < 4.78 is 27.1. The van der Waals surface area contributed by atoms with E-state index in [2.05, 4.69) is 10.6 Å². The van der Waals surface area contributed by atoms with Crippen molar-refractivity contribution in [2.75, 3.05) is 23.3 Å². The maximum Gasteiger partial charge on any atom is 0.319 e. The third-order valence-electron chi connectivity index (χ3n) is 6.18. The number of hydrogen-bond donors (Lipinski definition) is 2. The van der Waals surface area contributed by atoms with Gasteiger partial charge < -0.3 is 15.5 Å². The summed E-state index contributed by atoms with van der Waals surface area (Å²) in [5, 5.41) is 5.93. The highest BCUT2D eigenvalue weighted by atomic mass is 32.1. The zero-order valence-electron chi connectivity index (χ0n) is 16.6. The molecule has 0 aromatic heterocycles. The van der Waals surface area contributed by atoms with Crippen LogP contribution in [0.2, 0.25) is 0 Å². The summed E-state index contributed by atoms with van der Waals surface area (Å²) in [4.78, 5) is 15.3. The highest BCUT2D eigenvalue weighted by Crippen LogP contribution is 2.47. The number of hydrogen-bond acceptors (Lipinski definition) is 3. The standard InChI is InChI=1S/C24H21F2N3OS/c25-15-8-9-21(20(26)11-15)29-12-18-19(13-29)23(18)28-24(30)27-16-5-3-4-14(10-16)17-6-1-2-7-22(17)31/h1-6,8-11,18-19,23H,7,12-13H2,(H2,27,28,30)/t18-,19+,23+. The van der Waals surface area contributed by atoms with Crippen molar-refractivity contribution in [3.8, 4) is 0 Å². The van der Waals surface area contributed by atoms with E-state index >= 15 is 0 Å². The Balaban J connectivity index is 1.17. The Morgan fingerprint density at radius 1 is 1.10 bits per heavy atom. The fourth-order valence-electron chi connectivity index (χ4n) is 4.56. The van der Waals surface area contributed by atoms with Crippen molar-refractivity contribution in [3.05, 3.63) is 77.9 Å². The van der Waals surface area contributed by atoms with Gasteiger partial charge in [0.05, 0.1) is 5.69 Å². The van der Waals surface area contributed by atoms with Crippen molar-refractivity contribution in [2.24, 2.45) is 11.8 Å². The molecule has 0 radical (unpaired) electrons. The largest absolute Gasteiger partial charge is 0.368 e. The Bertz CT molecular complexity index is 1120. The molecule has 1 heterocycles. The van der Waals surface area contributed by atoms with Gasteiger partial charge in [-0.2, -0.15) is 0 Å². The second-order valence-electron chi connectivity index (χ2n) is 8.17. The summed E-state index contributed by atoms with van der Waals surface area (Å²) in [6.07, 6.45) is 6.76. The molecular formula is C24H21F2N3OS. The smallest absolute Gasteiger partial charge is 0.319 e. The molecule has 2 fully saturated rings. The molecule has 2 N–H and O–H groups in total. The van der Waals surface area contributed by atoms with Crippen LogP contribution < -0.4 is 15.5 Å². The lowest BCUT2D eigenvalue weighted by Crippen LogP contribution is -2.37. The third-order valence-corrected chi connectivity index (χ3v) is 6.56. The highest BCUT2D eigenvalue weighted by Gasteiger charge is 2.56. The molecule has 3 atom stereocenters. The molecule has 31 heavy (non-hydrogen) atoms. The second-order valence-corrected chi connectivity index (χ2v) is 8.66. The molecule has 1 saturated heterocycles. The summed E-state index contributed by atoms with van der Waals surface area (Å²) in [6, 6.07) is 11.1. The van der Waals surface area contributed by atoms with Crippen LogP contribution in [0.5, 0.6) is 0 Å². The van der Waals surface area contributed by atoms with Crippen LogP contribution in [0.4, 0.5) is 25.0 Å². The molecule has 2 aromatic carbocycles. The van der Waals surface area contributed by atoms with E-state index in [4.69, 9.17) is 12.2 Å². The number of rotatable bonds is 4. The normalized spacial score (nSPS) is 23.9. The number of benzene rings is 2. The van der Waals surface area contributed by atoms with E-state index in [1.165, 1.54) is 12.1 Å². The van der Waals surface area contributed by atoms with Crippen LogP contribution in [0.15, 0.2) is 60.7 Å². The van der Waals surface area contributed by atoms with Crippen LogP contribution in [-0.2, 0) is 0 Å². The molecule has 1 saturated carbocycles. The van der Waals surface area contributed by atoms with E-state index in [1.54, 1.807) is 0 Å². The topological polar surface area (TPSA) is 44.4 Å². The Kier molecular flexibility index (Phi) is 5.06. The summed E-state index contributed by atoms with van der Waals surface area (Å²) in [5.41, 5.74) is 3.10. The second kappa shape index (κ2) is 7.89. The number of anilines is 2. The van der Waals surface area contributed by atoms with E-state index in [9.17, 15) is 13.6 Å². The first-order valence-corrected chi connectivity index (χ1v) is 10.7. The van der Waals surface area contributed by atoms with Gasteiger partial charge >= 0.3 is 6.03 Å². The number of nitrogens with zero attached hydrogens (tertiary/aromatic N) is 1. The number of urea groups is 1. The predicted molar refractivity (Wildman–Crippen MR) is 122 cm³/mol. The van der Waals surface area contributed by atoms with E-state index in [0.29, 0.717) is 24.5 Å². The predicted octanol–water partition coefficient (Wildman–Crippen LogP) is 4.93. The lowest BCUT2D eigenvalue weighted by atomic mass is 9.97. The minimum Gasteiger partial charge on any atom is -0.368 e. The number of carbonyl (C=O) groups is 1. The highest BCUT2D eigenvalue weighted by molar-refractivity contribution is 7.81. The molecule has 7 heteroatoms. The number of nitrogens with one attached hydrogen (secondary N) is 2. The summed E-state index contributed by atoms with van der Waals surface area (Å²) in [6.45, 7) is 1.29. The summed E-state index contributed by atoms with van der Waals surface area (Å²) >= 11 is 5.45. The van der Waals surface area contributed by atoms with Gasteiger partial charge in [-0.05, 0) is 35.4 Å². The van der Waals surface area contributed by atoms with Gasteiger partial charge in [0.15, 0.2) is 0 Å². The van der Waals surface area contributed by atoms with E-state index in [0.717, 1.165) is 28.5 Å². The van der Waals surface area contributed by atoms with Crippen LogP contribution in [0, 0.1) is 23.5 Å². The van der Waals surface area contributed by atoms with Crippen molar-refractivity contribution >= 4 is 40.1 Å². The molecule has 1 aliphatic heterocycles. The van der Waals surface area contributed by atoms with Crippen LogP contribution in [0.25, 0.3) is 5.57 Å². The first kappa shape index (κ1) is 19.9. The number of fused-ring (bicyclic) bond motifs is 1. The molecule has 2 aliphatic carbocycles. The number of thiocarbonyl (C=S) groups is 1. The van der Waals surface area contributed by atoms with E-state index in [1.807, 2.05) is 47.4 Å². The molecule has 2 amide bonds. The van der Waals surface area contributed by atoms with Crippen LogP contribution in [0.1, 0.15) is 12.0 Å². The maximum absolute atomic E-state index is 14.0. The van der Waals surface area contributed by atoms with Crippen molar-refractivity contribution in [1.29, 1.82) is 0 Å². The quantitative estimate of drug-likeness (QED) is 0.667. The van der Waals surface area contributed by atoms with Gasteiger partial charge in [0.25, 0.3) is 0 Å². The molecule has 3 aliphatic rings. The van der Waals surface area contributed by atoms with E-state index < -0.39 is 11.6 Å². The molecule has 5 rings (SSSR count). The Hall–Kier alpha value is -3.06. The Morgan fingerprint density at radius 2 is 1.90 bits per heavy atom. The SMILES string of the molecule is O=C(Nc1cccc(C2=CC=CCC2=S)c1)N[C@H]1[C@@H]2CN(c3ccc(F)cc3F)C[C@@H]21. The molecule has 2 aromatic rings. The van der Waals surface area contributed by atoms with Gasteiger partial charge in [-0.3, -0.25) is 0 Å². The van der Waals surface area contributed by atoms with Gasteiger partial charge in [0, 0.05) is 54.0 Å². The lowest BCUT2D eigenvalue weighted by molar-refractivity contribution is 0.250. The molecule has 158 valence electrons. The first-order chi connectivity index (χ1) is 15.0. The average molecular weight is 438 g/mol. The van der Waals surface area contributed by atoms with Crippen molar-refractivity contribution < 1.29 is 13.6 Å². The molecule has 4 nitrogen and oxygen atoms in total. The van der Waals surface area contributed by atoms with Gasteiger partial charge in [-0.15, -0.1) is 0 Å². The minimum atomic E-state index is -0.580. The number of piperidine rings is 1. The zero-order valence-corrected chi connectivity index (χ0v) is 17.5. The maximum atomic E-state index is 14.0. The van der Waals surface area contributed by atoms with Crippen LogP contribution >= 0.6 is 12.2 Å².